The van der Waals surface area contributed by atoms with E-state index in [1.54, 1.807) is 5.01 Å². The highest BCUT2D eigenvalue weighted by molar-refractivity contribution is 6.03. The van der Waals surface area contributed by atoms with Gasteiger partial charge in [-0.15, -0.1) is 0 Å². The van der Waals surface area contributed by atoms with E-state index in [9.17, 15) is 4.79 Å². The Hall–Kier alpha value is -3.28. The lowest BCUT2D eigenvalue weighted by molar-refractivity contribution is -0.134. The molecule has 5 rings (SSSR count). The van der Waals surface area contributed by atoms with Gasteiger partial charge in [0.2, 0.25) is 0 Å². The van der Waals surface area contributed by atoms with Crippen LogP contribution in [0, 0.1) is 13.8 Å². The van der Waals surface area contributed by atoms with E-state index in [1.165, 1.54) is 16.7 Å². The Kier molecular flexibility index (Phi) is 7.07. The number of hydrazone groups is 1. The quantitative estimate of drug-likeness (QED) is 0.524. The summed E-state index contributed by atoms with van der Waals surface area (Å²) in [6, 6.07) is 27.3. The smallest absolute Gasteiger partial charge is 0.257 e. The summed E-state index contributed by atoms with van der Waals surface area (Å²) in [5.41, 5.74) is 7.09. The first kappa shape index (κ1) is 23.5. The topological polar surface area (TPSA) is 39.2 Å². The average molecular weight is 467 g/mol. The average Bonchev–Trinajstić information content (AvgIpc) is 3.34. The molecule has 180 valence electrons. The van der Waals surface area contributed by atoms with Crippen molar-refractivity contribution in [3.05, 3.63) is 107 Å². The Morgan fingerprint density at radius 2 is 1.49 bits per heavy atom. The highest BCUT2D eigenvalue weighted by Gasteiger charge is 2.34. The third kappa shape index (κ3) is 5.53. The Balaban J connectivity index is 1.27. The second kappa shape index (κ2) is 10.5. The van der Waals surface area contributed by atoms with Crippen LogP contribution >= 0.6 is 0 Å². The molecular formula is C30H34N4O. The number of rotatable bonds is 6. The second-order valence-electron chi connectivity index (χ2n) is 9.75. The summed E-state index contributed by atoms with van der Waals surface area (Å²) < 4.78 is 0. The van der Waals surface area contributed by atoms with E-state index in [1.807, 2.05) is 18.2 Å². The molecule has 0 aliphatic carbocycles. The van der Waals surface area contributed by atoms with Gasteiger partial charge in [-0.1, -0.05) is 72.8 Å². The van der Waals surface area contributed by atoms with Crippen LogP contribution in [0.3, 0.4) is 0 Å². The molecule has 0 spiro atoms. The van der Waals surface area contributed by atoms with Crippen molar-refractivity contribution >= 4 is 11.6 Å². The van der Waals surface area contributed by atoms with Gasteiger partial charge >= 0.3 is 0 Å². The molecule has 2 aliphatic heterocycles. The lowest BCUT2D eigenvalue weighted by Gasteiger charge is -2.35. The molecular weight excluding hydrogens is 432 g/mol. The third-order valence-electron chi connectivity index (χ3n) is 7.26. The van der Waals surface area contributed by atoms with Gasteiger partial charge in [0.25, 0.3) is 5.91 Å². The van der Waals surface area contributed by atoms with Gasteiger partial charge in [0.1, 0.15) is 0 Å². The SMILES string of the molecule is Cc1ccc(C2=NN(C(=O)CN3CCN(Cc4ccccc4)CC3)C(c3ccccc3)C2)cc1C. The molecule has 1 fully saturated rings. The number of amides is 1. The summed E-state index contributed by atoms with van der Waals surface area (Å²) in [5, 5.41) is 6.63. The molecule has 1 amide bonds. The molecule has 2 aliphatic rings. The monoisotopic (exact) mass is 466 g/mol. The van der Waals surface area contributed by atoms with Crippen molar-refractivity contribution in [3.63, 3.8) is 0 Å². The highest BCUT2D eigenvalue weighted by atomic mass is 16.2. The van der Waals surface area contributed by atoms with Gasteiger partial charge in [-0.05, 0) is 47.7 Å². The number of benzene rings is 3. The Bertz CT molecular complexity index is 1180. The van der Waals surface area contributed by atoms with E-state index in [2.05, 4.69) is 84.3 Å². The van der Waals surface area contributed by atoms with E-state index in [0.29, 0.717) is 6.54 Å². The molecule has 3 aromatic rings. The third-order valence-corrected chi connectivity index (χ3v) is 7.26. The summed E-state index contributed by atoms with van der Waals surface area (Å²) in [6.07, 6.45) is 0.739. The van der Waals surface area contributed by atoms with Crippen LogP contribution in [0.4, 0.5) is 0 Å². The van der Waals surface area contributed by atoms with Gasteiger partial charge in [0, 0.05) is 39.1 Å². The van der Waals surface area contributed by atoms with Crippen LogP contribution in [-0.4, -0.2) is 59.2 Å². The summed E-state index contributed by atoms with van der Waals surface area (Å²) in [5.74, 6) is 0.0780. The van der Waals surface area contributed by atoms with E-state index in [4.69, 9.17) is 5.10 Å². The fourth-order valence-electron chi connectivity index (χ4n) is 4.98. The molecule has 5 heteroatoms. The minimum Gasteiger partial charge on any atom is -0.297 e. The zero-order chi connectivity index (χ0) is 24.2. The number of carbonyl (C=O) groups is 1. The number of hydrogen-bond donors (Lipinski definition) is 0. The fourth-order valence-corrected chi connectivity index (χ4v) is 4.98. The second-order valence-corrected chi connectivity index (χ2v) is 9.75. The van der Waals surface area contributed by atoms with Crippen LogP contribution in [0.5, 0.6) is 0 Å². The van der Waals surface area contributed by atoms with E-state index >= 15 is 0 Å². The predicted octanol–water partition coefficient (Wildman–Crippen LogP) is 4.80. The minimum absolute atomic E-state index is 0.0559. The van der Waals surface area contributed by atoms with E-state index < -0.39 is 0 Å². The number of nitrogens with zero attached hydrogens (tertiary/aromatic N) is 4. The van der Waals surface area contributed by atoms with Crippen molar-refractivity contribution in [2.45, 2.75) is 32.9 Å². The van der Waals surface area contributed by atoms with Crippen molar-refractivity contribution in [1.29, 1.82) is 0 Å². The van der Waals surface area contributed by atoms with Gasteiger partial charge in [0.05, 0.1) is 18.3 Å². The molecule has 3 aromatic carbocycles. The molecule has 0 bridgehead atoms. The van der Waals surface area contributed by atoms with Gasteiger partial charge < -0.3 is 0 Å². The minimum atomic E-state index is -0.0559. The Morgan fingerprint density at radius 1 is 0.829 bits per heavy atom. The summed E-state index contributed by atoms with van der Waals surface area (Å²) in [4.78, 5) is 18.3. The molecule has 2 heterocycles. The number of aryl methyl sites for hydroxylation is 2. The largest absolute Gasteiger partial charge is 0.297 e. The Morgan fingerprint density at radius 3 is 2.17 bits per heavy atom. The van der Waals surface area contributed by atoms with Gasteiger partial charge in [-0.25, -0.2) is 5.01 Å². The van der Waals surface area contributed by atoms with Gasteiger partial charge in [-0.3, -0.25) is 14.6 Å². The predicted molar refractivity (Wildman–Crippen MR) is 141 cm³/mol. The molecule has 1 atom stereocenters. The lowest BCUT2D eigenvalue weighted by Crippen LogP contribution is -2.49. The van der Waals surface area contributed by atoms with Crippen molar-refractivity contribution in [3.8, 4) is 0 Å². The summed E-state index contributed by atoms with van der Waals surface area (Å²) in [7, 11) is 0. The molecule has 0 radical (unpaired) electrons. The number of carbonyl (C=O) groups excluding carboxylic acids is 1. The lowest BCUT2D eigenvalue weighted by atomic mass is 9.96. The molecule has 35 heavy (non-hydrogen) atoms. The van der Waals surface area contributed by atoms with Crippen molar-refractivity contribution in [1.82, 2.24) is 14.8 Å². The number of piperazine rings is 1. The first-order valence-corrected chi connectivity index (χ1v) is 12.6. The molecule has 5 nitrogen and oxygen atoms in total. The van der Waals surface area contributed by atoms with E-state index in [-0.39, 0.29) is 11.9 Å². The normalized spacial score (nSPS) is 19.1. The summed E-state index contributed by atoms with van der Waals surface area (Å²) in [6.45, 7) is 9.37. The fraction of sp³-hybridized carbons (Fsp3) is 0.333. The molecule has 1 unspecified atom stereocenters. The van der Waals surface area contributed by atoms with Crippen LogP contribution in [0.25, 0.3) is 0 Å². The van der Waals surface area contributed by atoms with Crippen LogP contribution in [0.1, 0.15) is 40.3 Å². The zero-order valence-electron chi connectivity index (χ0n) is 20.7. The molecule has 0 saturated carbocycles. The first-order chi connectivity index (χ1) is 17.1. The molecule has 1 saturated heterocycles. The maximum atomic E-state index is 13.5. The van der Waals surface area contributed by atoms with Gasteiger partial charge in [0.15, 0.2) is 0 Å². The standard InChI is InChI=1S/C30H34N4O/c1-23-13-14-27(19-24(23)2)28-20-29(26-11-7-4-8-12-26)34(31-28)30(35)22-33-17-15-32(16-18-33)21-25-9-5-3-6-10-25/h3-14,19,29H,15-18,20-22H2,1-2H3. The highest BCUT2D eigenvalue weighted by Crippen LogP contribution is 2.33. The van der Waals surface area contributed by atoms with Crippen LogP contribution in [-0.2, 0) is 11.3 Å². The number of hydrogen-bond acceptors (Lipinski definition) is 4. The van der Waals surface area contributed by atoms with Crippen molar-refractivity contribution in [2.75, 3.05) is 32.7 Å². The van der Waals surface area contributed by atoms with Crippen LogP contribution < -0.4 is 0 Å². The van der Waals surface area contributed by atoms with Gasteiger partial charge in [-0.2, -0.15) is 5.10 Å². The van der Waals surface area contributed by atoms with Crippen LogP contribution in [0.2, 0.25) is 0 Å². The van der Waals surface area contributed by atoms with Crippen LogP contribution in [0.15, 0.2) is 84.0 Å². The first-order valence-electron chi connectivity index (χ1n) is 12.6. The molecule has 0 aromatic heterocycles. The Labute approximate surface area is 208 Å². The summed E-state index contributed by atoms with van der Waals surface area (Å²) >= 11 is 0. The van der Waals surface area contributed by atoms with E-state index in [0.717, 1.165) is 56.0 Å². The molecule has 0 N–H and O–H groups in total. The van der Waals surface area contributed by atoms with Crippen molar-refractivity contribution < 1.29 is 4.79 Å². The van der Waals surface area contributed by atoms with Crippen molar-refractivity contribution in [2.24, 2.45) is 5.10 Å². The maximum absolute atomic E-state index is 13.5. The zero-order valence-corrected chi connectivity index (χ0v) is 20.7. The maximum Gasteiger partial charge on any atom is 0.257 e.